The molecule has 5 aromatic rings. The number of carbonyl (C=O) groups is 1. The molecule has 0 aliphatic rings. The van der Waals surface area contributed by atoms with Gasteiger partial charge in [0.2, 0.25) is 0 Å². The van der Waals surface area contributed by atoms with Crippen molar-refractivity contribution in [1.82, 2.24) is 23.6 Å². The van der Waals surface area contributed by atoms with Crippen LogP contribution in [0.3, 0.4) is 0 Å². The Bertz CT molecular complexity index is 1660. The summed E-state index contributed by atoms with van der Waals surface area (Å²) >= 11 is 0. The van der Waals surface area contributed by atoms with Gasteiger partial charge >= 0.3 is 10.0 Å². The summed E-state index contributed by atoms with van der Waals surface area (Å²) in [6.45, 7) is 0. The maximum absolute atomic E-state index is 13.5. The van der Waals surface area contributed by atoms with E-state index in [0.29, 0.717) is 33.8 Å². The summed E-state index contributed by atoms with van der Waals surface area (Å²) in [6.07, 6.45) is 5.75. The monoisotopic (exact) mass is 477 g/mol. The van der Waals surface area contributed by atoms with Crippen molar-refractivity contribution >= 4 is 32.5 Å². The number of hydrogen-bond donors (Lipinski definition) is 0. The second-order valence-electron chi connectivity index (χ2n) is 7.47. The Morgan fingerprint density at radius 2 is 1.79 bits per heavy atom. The molecule has 11 heteroatoms. The van der Waals surface area contributed by atoms with Crippen LogP contribution in [0, 0.1) is 0 Å². The van der Waals surface area contributed by atoms with Crippen molar-refractivity contribution in [2.45, 2.75) is 11.4 Å². The fourth-order valence-corrected chi connectivity index (χ4v) is 4.97. The molecule has 4 heterocycles. The Kier molecular flexibility index (Phi) is 5.25. The van der Waals surface area contributed by atoms with E-state index in [2.05, 4.69) is 15.1 Å². The zero-order valence-electron chi connectivity index (χ0n) is 18.2. The molecule has 0 atom stereocenters. The van der Waals surface area contributed by atoms with Gasteiger partial charge in [0.25, 0.3) is 0 Å². The number of ketones is 1. The highest BCUT2D eigenvalue weighted by molar-refractivity contribution is 7.90. The molecule has 5 rings (SSSR count). The molecule has 1 aromatic carbocycles. The summed E-state index contributed by atoms with van der Waals surface area (Å²) in [5.41, 5.74) is 2.12. The van der Waals surface area contributed by atoms with E-state index in [9.17, 15) is 13.2 Å². The van der Waals surface area contributed by atoms with Gasteiger partial charge in [0.05, 0.1) is 32.8 Å². The van der Waals surface area contributed by atoms with Crippen LogP contribution in [0.15, 0.2) is 72.3 Å². The van der Waals surface area contributed by atoms with E-state index in [1.165, 1.54) is 43.4 Å². The van der Waals surface area contributed by atoms with Gasteiger partial charge in [-0.05, 0) is 35.9 Å². The third kappa shape index (κ3) is 3.65. The van der Waals surface area contributed by atoms with Crippen molar-refractivity contribution in [3.63, 3.8) is 0 Å². The van der Waals surface area contributed by atoms with Gasteiger partial charge in [0, 0.05) is 18.2 Å². The summed E-state index contributed by atoms with van der Waals surface area (Å²) in [5.74, 6) is 0.906. The molecular formula is C23H19N5O5S. The lowest BCUT2D eigenvalue weighted by Crippen LogP contribution is -2.16. The predicted molar refractivity (Wildman–Crippen MR) is 123 cm³/mol. The molecule has 0 aliphatic heterocycles. The van der Waals surface area contributed by atoms with E-state index in [4.69, 9.17) is 9.47 Å². The fraction of sp³-hybridized carbons (Fsp3) is 0.130. The number of carbonyl (C=O) groups excluding carboxylic acids is 1. The molecular weight excluding hydrogens is 458 g/mol. The fourth-order valence-electron chi connectivity index (χ4n) is 3.64. The first-order valence-corrected chi connectivity index (χ1v) is 11.6. The first kappa shape index (κ1) is 21.6. The molecule has 0 bridgehead atoms. The molecule has 34 heavy (non-hydrogen) atoms. The van der Waals surface area contributed by atoms with Gasteiger partial charge < -0.3 is 9.47 Å². The van der Waals surface area contributed by atoms with Gasteiger partial charge in [0.1, 0.15) is 28.2 Å². The standard InChI is InChI=1S/C23H19N5O5S/c1-32-17-5-3-4-16(10-17)21(29)9-15-8-20-19(24-11-15)12-26-28(20)34(30,31)23-13-25-22-7-6-18(33-2)14-27(22)23/h3-8,10-14H,9H2,1-2H3. The molecule has 0 spiro atoms. The van der Waals surface area contributed by atoms with Crippen LogP contribution in [0.25, 0.3) is 16.7 Å². The van der Waals surface area contributed by atoms with Gasteiger partial charge in [-0.2, -0.15) is 17.6 Å². The maximum atomic E-state index is 13.5. The molecule has 0 N–H and O–H groups in total. The van der Waals surface area contributed by atoms with Gasteiger partial charge in [-0.1, -0.05) is 12.1 Å². The Hall–Kier alpha value is -4.25. The smallest absolute Gasteiger partial charge is 0.301 e. The highest BCUT2D eigenvalue weighted by Crippen LogP contribution is 2.23. The zero-order valence-corrected chi connectivity index (χ0v) is 19.1. The summed E-state index contributed by atoms with van der Waals surface area (Å²) in [6, 6.07) is 11.8. The Labute approximate surface area is 194 Å². The SMILES string of the molecule is COc1cccc(C(=O)Cc2cnc3cnn(S(=O)(=O)c4cnc5ccc(OC)cn45)c3c2)c1. The zero-order chi connectivity index (χ0) is 23.9. The lowest BCUT2D eigenvalue weighted by atomic mass is 10.0. The van der Waals surface area contributed by atoms with Crippen LogP contribution in [-0.2, 0) is 16.4 Å². The van der Waals surface area contributed by atoms with Crippen LogP contribution >= 0.6 is 0 Å². The van der Waals surface area contributed by atoms with Gasteiger partial charge in [-0.15, -0.1) is 0 Å². The minimum absolute atomic E-state index is 0.0359. The Morgan fingerprint density at radius 3 is 2.59 bits per heavy atom. The highest BCUT2D eigenvalue weighted by Gasteiger charge is 2.25. The number of methoxy groups -OCH3 is 2. The van der Waals surface area contributed by atoms with E-state index in [1.54, 1.807) is 42.5 Å². The van der Waals surface area contributed by atoms with Crippen molar-refractivity contribution in [2.24, 2.45) is 0 Å². The molecule has 0 unspecified atom stereocenters. The quantitative estimate of drug-likeness (QED) is 0.329. The van der Waals surface area contributed by atoms with Crippen molar-refractivity contribution in [1.29, 1.82) is 0 Å². The minimum atomic E-state index is -4.13. The third-order valence-corrected chi connectivity index (χ3v) is 6.95. The largest absolute Gasteiger partial charge is 0.497 e. The number of rotatable bonds is 7. The maximum Gasteiger partial charge on any atom is 0.301 e. The molecule has 0 fully saturated rings. The van der Waals surface area contributed by atoms with E-state index in [-0.39, 0.29) is 22.7 Å². The minimum Gasteiger partial charge on any atom is -0.497 e. The lowest BCUT2D eigenvalue weighted by Gasteiger charge is -2.08. The predicted octanol–water partition coefficient (Wildman–Crippen LogP) is 2.76. The molecule has 0 saturated carbocycles. The van der Waals surface area contributed by atoms with Crippen LogP contribution in [-0.4, -0.2) is 52.0 Å². The molecule has 10 nitrogen and oxygen atoms in total. The van der Waals surface area contributed by atoms with E-state index in [0.717, 1.165) is 4.09 Å². The van der Waals surface area contributed by atoms with Gasteiger partial charge in [-0.3, -0.25) is 14.2 Å². The Balaban J connectivity index is 1.54. The van der Waals surface area contributed by atoms with Crippen LogP contribution in [0.1, 0.15) is 15.9 Å². The number of nitrogens with zero attached hydrogens (tertiary/aromatic N) is 5. The van der Waals surface area contributed by atoms with Gasteiger partial charge in [0.15, 0.2) is 10.8 Å². The number of hydrogen-bond acceptors (Lipinski definition) is 8. The van der Waals surface area contributed by atoms with E-state index < -0.39 is 10.0 Å². The number of imidazole rings is 1. The summed E-state index contributed by atoms with van der Waals surface area (Å²) in [7, 11) is -1.10. The molecule has 0 radical (unpaired) electrons. The van der Waals surface area contributed by atoms with Crippen LogP contribution in [0.5, 0.6) is 11.5 Å². The molecule has 0 saturated heterocycles. The van der Waals surface area contributed by atoms with Crippen LogP contribution < -0.4 is 9.47 Å². The number of fused-ring (bicyclic) bond motifs is 2. The third-order valence-electron chi connectivity index (χ3n) is 5.37. The first-order valence-electron chi connectivity index (χ1n) is 10.2. The van der Waals surface area contributed by atoms with Crippen molar-refractivity contribution < 1.29 is 22.7 Å². The number of benzene rings is 1. The number of pyridine rings is 2. The van der Waals surface area contributed by atoms with Crippen LogP contribution in [0.2, 0.25) is 0 Å². The van der Waals surface area contributed by atoms with Gasteiger partial charge in [-0.25, -0.2) is 4.98 Å². The number of aromatic nitrogens is 5. The van der Waals surface area contributed by atoms with Crippen LogP contribution in [0.4, 0.5) is 0 Å². The first-order chi connectivity index (χ1) is 16.4. The summed E-state index contributed by atoms with van der Waals surface area (Å²) in [5, 5.41) is 3.99. The topological polar surface area (TPSA) is 118 Å². The average Bonchev–Trinajstić information content (AvgIpc) is 3.48. The summed E-state index contributed by atoms with van der Waals surface area (Å²) < 4.78 is 39.7. The lowest BCUT2D eigenvalue weighted by molar-refractivity contribution is 0.0992. The van der Waals surface area contributed by atoms with Crippen molar-refractivity contribution in [2.75, 3.05) is 14.2 Å². The second-order valence-corrected chi connectivity index (χ2v) is 9.18. The van der Waals surface area contributed by atoms with E-state index in [1.807, 2.05) is 0 Å². The number of ether oxygens (including phenoxy) is 2. The highest BCUT2D eigenvalue weighted by atomic mass is 32.2. The van der Waals surface area contributed by atoms with Crippen molar-refractivity contribution in [3.8, 4) is 11.5 Å². The molecule has 0 amide bonds. The molecule has 0 aliphatic carbocycles. The van der Waals surface area contributed by atoms with E-state index >= 15 is 0 Å². The van der Waals surface area contributed by atoms with Crippen molar-refractivity contribution in [3.05, 3.63) is 78.4 Å². The second kappa shape index (κ2) is 8.27. The normalized spacial score (nSPS) is 11.7. The number of Topliss-reactive ketones (excluding diaryl/α,β-unsaturated/α-hetero) is 1. The Morgan fingerprint density at radius 1 is 0.971 bits per heavy atom. The molecule has 4 aromatic heterocycles. The average molecular weight is 478 g/mol. The molecule has 172 valence electrons. The summed E-state index contributed by atoms with van der Waals surface area (Å²) in [4.78, 5) is 21.3.